The molecule has 2 rings (SSSR count). The molecule has 0 fully saturated rings. The molecule has 0 atom stereocenters. The van der Waals surface area contributed by atoms with Crippen molar-refractivity contribution >= 4 is 11.9 Å². The van der Waals surface area contributed by atoms with Crippen LogP contribution in [0.4, 0.5) is 0 Å². The van der Waals surface area contributed by atoms with Crippen LogP contribution < -0.4 is 4.74 Å². The molecule has 0 N–H and O–H groups in total. The molecule has 2 aromatic carbocycles. The Balaban J connectivity index is 1.81. The van der Waals surface area contributed by atoms with E-state index in [0.717, 1.165) is 12.8 Å². The van der Waals surface area contributed by atoms with Crippen molar-refractivity contribution < 1.29 is 19.1 Å². The molecule has 30 heavy (non-hydrogen) atoms. The quantitative estimate of drug-likeness (QED) is 0.216. The lowest BCUT2D eigenvalue weighted by atomic mass is 10.0. The van der Waals surface area contributed by atoms with Crippen LogP contribution in [0.15, 0.2) is 48.5 Å². The number of hydrogen-bond acceptors (Lipinski definition) is 4. The summed E-state index contributed by atoms with van der Waals surface area (Å²) in [5.74, 6) is 0.000709. The zero-order chi connectivity index (χ0) is 21.8. The van der Waals surface area contributed by atoms with Gasteiger partial charge >= 0.3 is 11.9 Å². The Hall–Kier alpha value is -2.62. The van der Waals surface area contributed by atoms with E-state index in [4.69, 9.17) is 9.47 Å². The number of carbonyl (C=O) groups is 2. The third-order valence-electron chi connectivity index (χ3n) is 5.07. The van der Waals surface area contributed by atoms with Crippen molar-refractivity contribution in [1.82, 2.24) is 0 Å². The van der Waals surface area contributed by atoms with Crippen LogP contribution in [0.1, 0.15) is 97.9 Å². The smallest absolute Gasteiger partial charge is 0.343 e. The number of carbonyl (C=O) groups excluding carboxylic acids is 2. The molecule has 0 amide bonds. The Labute approximate surface area is 180 Å². The van der Waals surface area contributed by atoms with Gasteiger partial charge in [-0.05, 0) is 48.2 Å². The van der Waals surface area contributed by atoms with Crippen LogP contribution in [0.2, 0.25) is 0 Å². The van der Waals surface area contributed by atoms with Crippen molar-refractivity contribution in [1.29, 1.82) is 0 Å². The van der Waals surface area contributed by atoms with E-state index in [9.17, 15) is 9.59 Å². The van der Waals surface area contributed by atoms with Crippen LogP contribution in [0.3, 0.4) is 0 Å². The number of esters is 2. The molecule has 0 bridgehead atoms. The molecule has 0 spiro atoms. The number of ether oxygens (including phenoxy) is 2. The average molecular weight is 411 g/mol. The van der Waals surface area contributed by atoms with Crippen LogP contribution >= 0.6 is 0 Å². The minimum absolute atomic E-state index is 0.327. The highest BCUT2D eigenvalue weighted by molar-refractivity contribution is 5.96. The highest BCUT2D eigenvalue weighted by Crippen LogP contribution is 2.20. The van der Waals surface area contributed by atoms with Gasteiger partial charge in [0.05, 0.1) is 17.7 Å². The normalized spacial score (nSPS) is 10.8. The number of benzene rings is 2. The second-order valence-corrected chi connectivity index (χ2v) is 7.95. The minimum atomic E-state index is -0.492. The van der Waals surface area contributed by atoms with Gasteiger partial charge < -0.3 is 9.47 Å². The second kappa shape index (κ2) is 12.8. The van der Waals surface area contributed by atoms with E-state index < -0.39 is 11.9 Å². The highest BCUT2D eigenvalue weighted by atomic mass is 16.5. The predicted octanol–water partition coefficient (Wildman–Crippen LogP) is 6.94. The van der Waals surface area contributed by atoms with E-state index in [0.29, 0.717) is 29.4 Å². The molecule has 0 unspecified atom stereocenters. The van der Waals surface area contributed by atoms with Gasteiger partial charge in [0.25, 0.3) is 0 Å². The van der Waals surface area contributed by atoms with Crippen molar-refractivity contribution in [2.24, 2.45) is 0 Å². The summed E-state index contributed by atoms with van der Waals surface area (Å²) in [7, 11) is 0. The van der Waals surface area contributed by atoms with E-state index in [2.05, 4.69) is 20.8 Å². The van der Waals surface area contributed by atoms with Crippen molar-refractivity contribution in [3.63, 3.8) is 0 Å². The first-order chi connectivity index (χ1) is 14.5. The topological polar surface area (TPSA) is 52.6 Å². The molecular formula is C26H34O4. The number of rotatable bonds is 12. The van der Waals surface area contributed by atoms with Crippen LogP contribution in [0, 0.1) is 0 Å². The first-order valence-electron chi connectivity index (χ1n) is 11.1. The summed E-state index contributed by atoms with van der Waals surface area (Å²) in [4.78, 5) is 24.7. The zero-order valence-electron chi connectivity index (χ0n) is 18.5. The van der Waals surface area contributed by atoms with Crippen molar-refractivity contribution in [3.8, 4) is 5.75 Å². The van der Waals surface area contributed by atoms with Crippen molar-refractivity contribution in [2.75, 3.05) is 6.61 Å². The maximum atomic E-state index is 12.4. The van der Waals surface area contributed by atoms with Crippen LogP contribution in [-0.4, -0.2) is 18.5 Å². The minimum Gasteiger partial charge on any atom is -0.462 e. The number of hydrogen-bond donors (Lipinski definition) is 0. The fourth-order valence-electron chi connectivity index (χ4n) is 3.17. The summed E-state index contributed by atoms with van der Waals surface area (Å²) in [6.45, 7) is 6.83. The molecule has 2 aromatic rings. The van der Waals surface area contributed by atoms with Gasteiger partial charge in [-0.2, -0.15) is 0 Å². The lowest BCUT2D eigenvalue weighted by Crippen LogP contribution is -2.11. The van der Waals surface area contributed by atoms with Gasteiger partial charge in [0.1, 0.15) is 5.75 Å². The lowest BCUT2D eigenvalue weighted by Gasteiger charge is -2.09. The third-order valence-corrected chi connectivity index (χ3v) is 5.07. The van der Waals surface area contributed by atoms with Gasteiger partial charge in [-0.15, -0.1) is 0 Å². The van der Waals surface area contributed by atoms with Crippen LogP contribution in [0.25, 0.3) is 0 Å². The summed E-state index contributed by atoms with van der Waals surface area (Å²) >= 11 is 0. The predicted molar refractivity (Wildman–Crippen MR) is 120 cm³/mol. The Kier molecular flexibility index (Phi) is 10.1. The molecule has 0 saturated heterocycles. The van der Waals surface area contributed by atoms with Gasteiger partial charge in [0, 0.05) is 0 Å². The molecule has 0 saturated carbocycles. The Bertz CT molecular complexity index is 793. The standard InChI is InChI=1S/C26H34O4/c1-4-5-6-7-8-9-10-18-29-25(27)22-12-11-13-23(19-22)26(28)30-24-16-14-21(15-17-24)20(2)3/h11-17,19-20H,4-10,18H2,1-3H3. The van der Waals surface area contributed by atoms with Gasteiger partial charge in [0.15, 0.2) is 0 Å². The van der Waals surface area contributed by atoms with Gasteiger partial charge in [0.2, 0.25) is 0 Å². The van der Waals surface area contributed by atoms with Gasteiger partial charge in [-0.3, -0.25) is 0 Å². The van der Waals surface area contributed by atoms with Gasteiger partial charge in [-0.25, -0.2) is 9.59 Å². The Morgan fingerprint density at radius 1 is 0.800 bits per heavy atom. The molecule has 0 radical (unpaired) electrons. The molecule has 162 valence electrons. The molecule has 0 heterocycles. The van der Waals surface area contributed by atoms with E-state index >= 15 is 0 Å². The maximum absolute atomic E-state index is 12.4. The molecule has 4 heteroatoms. The van der Waals surface area contributed by atoms with E-state index in [-0.39, 0.29) is 0 Å². The zero-order valence-corrected chi connectivity index (χ0v) is 18.5. The molecule has 0 aliphatic heterocycles. The third kappa shape index (κ3) is 8.02. The lowest BCUT2D eigenvalue weighted by molar-refractivity contribution is 0.0497. The summed E-state index contributed by atoms with van der Waals surface area (Å²) in [6, 6.07) is 14.0. The number of unbranched alkanes of at least 4 members (excludes halogenated alkanes) is 6. The largest absolute Gasteiger partial charge is 0.462 e. The van der Waals surface area contributed by atoms with Crippen LogP contribution in [-0.2, 0) is 4.74 Å². The average Bonchev–Trinajstić information content (AvgIpc) is 2.76. The SMILES string of the molecule is CCCCCCCCCOC(=O)c1cccc(C(=O)Oc2ccc(C(C)C)cc2)c1. The first kappa shape index (κ1) is 23.7. The molecule has 0 aliphatic rings. The van der Waals surface area contributed by atoms with E-state index in [1.807, 2.05) is 12.1 Å². The Morgan fingerprint density at radius 3 is 2.03 bits per heavy atom. The van der Waals surface area contributed by atoms with E-state index in [1.54, 1.807) is 30.3 Å². The summed E-state index contributed by atoms with van der Waals surface area (Å²) in [6.07, 6.45) is 8.17. The molecule has 0 aliphatic carbocycles. The molecule has 0 aromatic heterocycles. The summed E-state index contributed by atoms with van der Waals surface area (Å²) < 4.78 is 10.8. The monoisotopic (exact) mass is 410 g/mol. The fraction of sp³-hybridized carbons (Fsp3) is 0.462. The summed E-state index contributed by atoms with van der Waals surface area (Å²) in [5.41, 5.74) is 1.87. The van der Waals surface area contributed by atoms with Gasteiger partial charge in [-0.1, -0.05) is 77.5 Å². The van der Waals surface area contributed by atoms with Crippen LogP contribution in [0.5, 0.6) is 5.75 Å². The molecule has 4 nitrogen and oxygen atoms in total. The second-order valence-electron chi connectivity index (χ2n) is 7.95. The van der Waals surface area contributed by atoms with E-state index in [1.165, 1.54) is 43.7 Å². The van der Waals surface area contributed by atoms with Crippen molar-refractivity contribution in [3.05, 3.63) is 65.2 Å². The highest BCUT2D eigenvalue weighted by Gasteiger charge is 2.13. The first-order valence-corrected chi connectivity index (χ1v) is 11.1. The summed E-state index contributed by atoms with van der Waals surface area (Å²) in [5, 5.41) is 0. The maximum Gasteiger partial charge on any atom is 0.343 e. The fourth-order valence-corrected chi connectivity index (χ4v) is 3.17. The Morgan fingerprint density at radius 2 is 1.40 bits per heavy atom. The molecular weight excluding hydrogens is 376 g/mol. The van der Waals surface area contributed by atoms with Crippen molar-refractivity contribution in [2.45, 2.75) is 71.6 Å².